The number of carboxylic acid groups (broad SMARTS) is 2. The van der Waals surface area contributed by atoms with Crippen LogP contribution in [-0.4, -0.2) is 137 Å². The van der Waals surface area contributed by atoms with Crippen molar-refractivity contribution in [1.82, 2.24) is 26.7 Å². The number of nitrogens with one attached hydrogen (secondary N) is 5. The Kier molecular flexibility index (Phi) is 35.6. The molecule has 56 heavy (non-hydrogen) atoms. The average molecular weight is 805 g/mol. The molecule has 0 aromatic rings. The normalized spacial score (nSPS) is 12.0. The first-order valence-electron chi connectivity index (χ1n) is 19.9. The van der Waals surface area contributed by atoms with E-state index in [-0.39, 0.29) is 121 Å². The predicted molar refractivity (Wildman–Crippen MR) is 205 cm³/mol. The molecule has 19 nitrogen and oxygen atoms in total. The lowest BCUT2D eigenvalue weighted by atomic mass is 10.0. The molecule has 2 atom stereocenters. The van der Waals surface area contributed by atoms with Gasteiger partial charge in [-0.1, -0.05) is 51.4 Å². The zero-order chi connectivity index (χ0) is 41.5. The number of aldehydes is 1. The third-order valence-electron chi connectivity index (χ3n) is 8.33. The van der Waals surface area contributed by atoms with Gasteiger partial charge in [-0.15, -0.1) is 0 Å². The third-order valence-corrected chi connectivity index (χ3v) is 8.33. The Hall–Kier alpha value is -3.75. The van der Waals surface area contributed by atoms with E-state index in [0.717, 1.165) is 70.5 Å². The first kappa shape index (κ1) is 52.2. The quantitative estimate of drug-likeness (QED) is 0.0183. The molecule has 0 aliphatic carbocycles. The standard InChI is InChI=1S/C37H68N6O13/c38-43-30(27-44)13-11-12-18-39-34(47)28-55-25-24-54-22-20-41-35(48)29-56-26-23-53-21-19-40-32(45)17-16-31(37(51)52)42-33(46)14-9-7-5-3-1-2-4-6-8-10-15-36(49)50/h27,30-31,43H,1-26,28-29,38H2,(H,39,47)(H,40,45)(H,41,48)(H,42,46)(H,49,50)(H,51,52)/t30-,31-/m0/s1. The summed E-state index contributed by atoms with van der Waals surface area (Å²) < 4.78 is 21.2. The topological polar surface area (TPSA) is 283 Å². The van der Waals surface area contributed by atoms with Gasteiger partial charge in [-0.25, -0.2) is 4.79 Å². The lowest BCUT2D eigenvalue weighted by molar-refractivity contribution is -0.142. The molecule has 19 heteroatoms. The van der Waals surface area contributed by atoms with Gasteiger partial charge in [0.25, 0.3) is 0 Å². The number of hydrogen-bond acceptors (Lipinski definition) is 13. The van der Waals surface area contributed by atoms with Crippen molar-refractivity contribution in [2.24, 2.45) is 5.84 Å². The van der Waals surface area contributed by atoms with E-state index in [2.05, 4.69) is 26.7 Å². The lowest BCUT2D eigenvalue weighted by Gasteiger charge is -2.14. The van der Waals surface area contributed by atoms with Crippen LogP contribution in [0.4, 0.5) is 0 Å². The molecule has 0 saturated carbocycles. The highest BCUT2D eigenvalue weighted by atomic mass is 16.5. The molecule has 0 rings (SSSR count). The number of hydrazine groups is 1. The highest BCUT2D eigenvalue weighted by molar-refractivity contribution is 5.84. The number of ether oxygens (including phenoxy) is 4. The van der Waals surface area contributed by atoms with Crippen molar-refractivity contribution in [2.45, 2.75) is 121 Å². The van der Waals surface area contributed by atoms with E-state index < -0.39 is 18.0 Å². The Bertz CT molecular complexity index is 1090. The van der Waals surface area contributed by atoms with Crippen LogP contribution in [-0.2, 0) is 52.5 Å². The van der Waals surface area contributed by atoms with Crippen LogP contribution in [0.3, 0.4) is 0 Å². The van der Waals surface area contributed by atoms with E-state index in [0.29, 0.717) is 25.8 Å². The number of carbonyl (C=O) groups excluding carboxylic acids is 5. The van der Waals surface area contributed by atoms with Crippen molar-refractivity contribution in [3.8, 4) is 0 Å². The summed E-state index contributed by atoms with van der Waals surface area (Å²) in [5, 5.41) is 28.6. The van der Waals surface area contributed by atoms with Crippen LogP contribution in [0.5, 0.6) is 0 Å². The molecule has 0 unspecified atom stereocenters. The smallest absolute Gasteiger partial charge is 0.326 e. The molecule has 0 spiro atoms. The highest BCUT2D eigenvalue weighted by Crippen LogP contribution is 2.12. The van der Waals surface area contributed by atoms with Crippen molar-refractivity contribution < 1.29 is 62.7 Å². The van der Waals surface area contributed by atoms with Crippen LogP contribution in [0.15, 0.2) is 0 Å². The maximum Gasteiger partial charge on any atom is 0.326 e. The molecule has 0 aliphatic rings. The number of hydrogen-bond donors (Lipinski definition) is 8. The van der Waals surface area contributed by atoms with Gasteiger partial charge < -0.3 is 55.2 Å². The fourth-order valence-electron chi connectivity index (χ4n) is 5.17. The number of aliphatic carboxylic acids is 2. The van der Waals surface area contributed by atoms with E-state index in [1.807, 2.05) is 0 Å². The minimum atomic E-state index is -1.20. The third kappa shape index (κ3) is 35.9. The van der Waals surface area contributed by atoms with Crippen molar-refractivity contribution in [2.75, 3.05) is 72.5 Å². The molecule has 4 amide bonds. The summed E-state index contributed by atoms with van der Waals surface area (Å²) in [6.45, 7) is 1.96. The second-order valence-corrected chi connectivity index (χ2v) is 13.2. The molecule has 0 fully saturated rings. The van der Waals surface area contributed by atoms with Crippen molar-refractivity contribution in [1.29, 1.82) is 0 Å². The molecule has 0 radical (unpaired) electrons. The average Bonchev–Trinajstić information content (AvgIpc) is 3.16. The monoisotopic (exact) mass is 804 g/mol. The molecule has 324 valence electrons. The minimum Gasteiger partial charge on any atom is -0.481 e. The molecule has 0 bridgehead atoms. The van der Waals surface area contributed by atoms with Gasteiger partial charge in [0.05, 0.1) is 45.7 Å². The largest absolute Gasteiger partial charge is 0.481 e. The van der Waals surface area contributed by atoms with E-state index in [1.165, 1.54) is 0 Å². The molecule has 0 heterocycles. The summed E-state index contributed by atoms with van der Waals surface area (Å²) in [5.74, 6) is 1.99. The number of carbonyl (C=O) groups is 7. The lowest BCUT2D eigenvalue weighted by Crippen LogP contribution is -2.41. The van der Waals surface area contributed by atoms with E-state index in [9.17, 15) is 38.7 Å². The second kappa shape index (κ2) is 38.1. The van der Waals surface area contributed by atoms with Crippen LogP contribution in [0.1, 0.15) is 109 Å². The molecule has 0 saturated heterocycles. The summed E-state index contributed by atoms with van der Waals surface area (Å²) in [5.41, 5.74) is 2.40. The molecule has 0 aliphatic heterocycles. The van der Waals surface area contributed by atoms with E-state index in [4.69, 9.17) is 29.9 Å². The van der Waals surface area contributed by atoms with Gasteiger partial charge in [0.1, 0.15) is 25.5 Å². The summed E-state index contributed by atoms with van der Waals surface area (Å²) in [4.78, 5) is 80.8. The number of carboxylic acids is 2. The Morgan fingerprint density at radius 2 is 1.00 bits per heavy atom. The number of amides is 4. The van der Waals surface area contributed by atoms with E-state index >= 15 is 0 Å². The van der Waals surface area contributed by atoms with Crippen molar-refractivity contribution in [3.05, 3.63) is 0 Å². The molecule has 0 aromatic heterocycles. The Morgan fingerprint density at radius 3 is 1.50 bits per heavy atom. The molecular formula is C37H68N6O13. The first-order chi connectivity index (χ1) is 27.1. The fourth-order valence-corrected chi connectivity index (χ4v) is 5.17. The predicted octanol–water partition coefficient (Wildman–Crippen LogP) is 0.718. The Labute approximate surface area is 330 Å². The van der Waals surface area contributed by atoms with Crippen LogP contribution >= 0.6 is 0 Å². The summed E-state index contributed by atoms with van der Waals surface area (Å²) in [7, 11) is 0. The number of unbranched alkanes of at least 4 members (excludes halogenated alkanes) is 10. The van der Waals surface area contributed by atoms with Crippen molar-refractivity contribution >= 4 is 41.9 Å². The zero-order valence-electron chi connectivity index (χ0n) is 33.0. The molecular weight excluding hydrogens is 736 g/mol. The van der Waals surface area contributed by atoms with Gasteiger partial charge in [0, 0.05) is 38.9 Å². The summed E-state index contributed by atoms with van der Waals surface area (Å²) in [6.07, 6.45) is 12.8. The van der Waals surface area contributed by atoms with Crippen LogP contribution in [0.2, 0.25) is 0 Å². The molecule has 0 aromatic carbocycles. The van der Waals surface area contributed by atoms with Gasteiger partial charge in [0.2, 0.25) is 23.6 Å². The fraction of sp³-hybridized carbons (Fsp3) is 0.811. The first-order valence-corrected chi connectivity index (χ1v) is 19.9. The van der Waals surface area contributed by atoms with Gasteiger partial charge in [-0.2, -0.15) is 0 Å². The van der Waals surface area contributed by atoms with Crippen LogP contribution < -0.4 is 32.5 Å². The Balaban J connectivity index is 3.66. The number of rotatable bonds is 41. The van der Waals surface area contributed by atoms with Gasteiger partial charge >= 0.3 is 11.9 Å². The molecule has 9 N–H and O–H groups in total. The van der Waals surface area contributed by atoms with Gasteiger partial charge in [-0.3, -0.25) is 35.2 Å². The maximum absolute atomic E-state index is 12.2. The SMILES string of the molecule is NN[C@H](C=O)CCCCNC(=O)COCCOCCNC(=O)COCCOCCNC(=O)CC[C@H](NC(=O)CCCCCCCCCCCCC(=O)O)C(=O)O. The summed E-state index contributed by atoms with van der Waals surface area (Å²) in [6, 6.07) is -1.54. The highest BCUT2D eigenvalue weighted by Gasteiger charge is 2.20. The van der Waals surface area contributed by atoms with Gasteiger partial charge in [0.15, 0.2) is 0 Å². The van der Waals surface area contributed by atoms with Crippen molar-refractivity contribution in [3.63, 3.8) is 0 Å². The van der Waals surface area contributed by atoms with Crippen LogP contribution in [0, 0.1) is 0 Å². The Morgan fingerprint density at radius 1 is 0.518 bits per heavy atom. The van der Waals surface area contributed by atoms with Crippen LogP contribution in [0.25, 0.3) is 0 Å². The van der Waals surface area contributed by atoms with E-state index in [1.54, 1.807) is 0 Å². The van der Waals surface area contributed by atoms with Gasteiger partial charge in [-0.05, 0) is 38.5 Å². The summed E-state index contributed by atoms with van der Waals surface area (Å²) >= 11 is 0. The second-order valence-electron chi connectivity index (χ2n) is 13.2. The number of nitrogens with two attached hydrogens (primary N) is 1. The zero-order valence-corrected chi connectivity index (χ0v) is 33.0. The maximum atomic E-state index is 12.2. The minimum absolute atomic E-state index is 0.0384.